The first-order chi connectivity index (χ1) is 9.24. The molecule has 0 spiro atoms. The molecule has 1 aliphatic rings. The van der Waals surface area contributed by atoms with Crippen molar-refractivity contribution in [2.75, 3.05) is 0 Å². The van der Waals surface area contributed by atoms with Crippen LogP contribution in [0.1, 0.15) is 38.7 Å². The van der Waals surface area contributed by atoms with Crippen molar-refractivity contribution in [3.05, 3.63) is 30.1 Å². The lowest BCUT2D eigenvalue weighted by Crippen LogP contribution is -2.14. The van der Waals surface area contributed by atoms with Gasteiger partial charge >= 0.3 is 0 Å². The monoisotopic (exact) mass is 257 g/mol. The number of pyridine rings is 1. The number of nitrogens with one attached hydrogen (secondary N) is 1. The Balaban J connectivity index is 1.83. The van der Waals surface area contributed by atoms with E-state index in [0.29, 0.717) is 0 Å². The van der Waals surface area contributed by atoms with Crippen LogP contribution in [0.2, 0.25) is 0 Å². The molecule has 3 nitrogen and oxygen atoms in total. The molecule has 1 N–H and O–H groups in total. The third kappa shape index (κ3) is 2.98. The summed E-state index contributed by atoms with van der Waals surface area (Å²) in [5.41, 5.74) is 2.52. The van der Waals surface area contributed by atoms with E-state index in [2.05, 4.69) is 41.0 Å². The van der Waals surface area contributed by atoms with E-state index in [1.807, 2.05) is 12.3 Å². The van der Waals surface area contributed by atoms with Gasteiger partial charge in [-0.15, -0.1) is 0 Å². The van der Waals surface area contributed by atoms with Crippen LogP contribution >= 0.6 is 0 Å². The molecule has 102 valence electrons. The van der Waals surface area contributed by atoms with Crippen molar-refractivity contribution in [2.24, 2.45) is 5.92 Å². The lowest BCUT2D eigenvalue weighted by atomic mass is 10.1. The van der Waals surface area contributed by atoms with Gasteiger partial charge in [-0.2, -0.15) is 0 Å². The molecule has 0 unspecified atom stereocenters. The molecule has 1 aliphatic carbocycles. The second-order valence-electron chi connectivity index (χ2n) is 6.06. The standard InChI is InChI=1S/C16H23N3/c1-12(2)7-9-19-11-13(10-18-14-5-6-14)15-4-3-8-17-16(15)19/h3-4,8,11-12,14,18H,5-7,9-10H2,1-2H3. The van der Waals surface area contributed by atoms with Crippen LogP contribution in [0.4, 0.5) is 0 Å². The average Bonchev–Trinajstić information content (AvgIpc) is 3.16. The van der Waals surface area contributed by atoms with E-state index in [-0.39, 0.29) is 0 Å². The van der Waals surface area contributed by atoms with Crippen molar-refractivity contribution in [3.63, 3.8) is 0 Å². The third-order valence-electron chi connectivity index (χ3n) is 3.82. The summed E-state index contributed by atoms with van der Waals surface area (Å²) in [6.07, 6.45) is 8.06. The first-order valence-corrected chi connectivity index (χ1v) is 7.40. The van der Waals surface area contributed by atoms with Gasteiger partial charge in [0.05, 0.1) is 0 Å². The summed E-state index contributed by atoms with van der Waals surface area (Å²) >= 11 is 0. The summed E-state index contributed by atoms with van der Waals surface area (Å²) in [6.45, 7) is 6.58. The van der Waals surface area contributed by atoms with Gasteiger partial charge in [-0.25, -0.2) is 4.98 Å². The second-order valence-corrected chi connectivity index (χ2v) is 6.06. The fourth-order valence-electron chi connectivity index (χ4n) is 2.45. The van der Waals surface area contributed by atoms with E-state index in [9.17, 15) is 0 Å². The van der Waals surface area contributed by atoms with Crippen LogP contribution < -0.4 is 5.32 Å². The number of fused-ring (bicyclic) bond motifs is 1. The molecule has 2 aromatic heterocycles. The molecule has 0 aliphatic heterocycles. The number of hydrogen-bond donors (Lipinski definition) is 1. The molecule has 1 fully saturated rings. The van der Waals surface area contributed by atoms with E-state index < -0.39 is 0 Å². The van der Waals surface area contributed by atoms with Gasteiger partial charge in [0.25, 0.3) is 0 Å². The Morgan fingerprint density at radius 3 is 3.00 bits per heavy atom. The third-order valence-corrected chi connectivity index (χ3v) is 3.82. The normalized spacial score (nSPS) is 15.5. The number of rotatable bonds is 6. The van der Waals surface area contributed by atoms with Crippen LogP contribution in [0.15, 0.2) is 24.5 Å². The van der Waals surface area contributed by atoms with Crippen molar-refractivity contribution in [1.29, 1.82) is 0 Å². The molecular formula is C16H23N3. The Labute approximate surface area is 115 Å². The van der Waals surface area contributed by atoms with Crippen LogP contribution in [-0.2, 0) is 13.1 Å². The van der Waals surface area contributed by atoms with Gasteiger partial charge in [0.2, 0.25) is 0 Å². The summed E-state index contributed by atoms with van der Waals surface area (Å²) in [4.78, 5) is 4.56. The van der Waals surface area contributed by atoms with Crippen LogP contribution in [0.3, 0.4) is 0 Å². The van der Waals surface area contributed by atoms with Crippen molar-refractivity contribution in [3.8, 4) is 0 Å². The van der Waals surface area contributed by atoms with Crippen LogP contribution in [0.25, 0.3) is 11.0 Å². The SMILES string of the molecule is CC(C)CCn1cc(CNC2CC2)c2cccnc21. The lowest BCUT2D eigenvalue weighted by molar-refractivity contribution is 0.522. The first kappa shape index (κ1) is 12.7. The Morgan fingerprint density at radius 2 is 2.26 bits per heavy atom. The minimum absolute atomic E-state index is 0.731. The lowest BCUT2D eigenvalue weighted by Gasteiger charge is -2.06. The van der Waals surface area contributed by atoms with Gasteiger partial charge < -0.3 is 9.88 Å². The van der Waals surface area contributed by atoms with Gasteiger partial charge in [-0.05, 0) is 42.9 Å². The number of aromatic nitrogens is 2. The Bertz CT molecular complexity index is 512. The topological polar surface area (TPSA) is 29.9 Å². The predicted molar refractivity (Wildman–Crippen MR) is 79.0 cm³/mol. The Morgan fingerprint density at radius 1 is 1.42 bits per heavy atom. The maximum absolute atomic E-state index is 4.56. The van der Waals surface area contributed by atoms with Crippen molar-refractivity contribution in [1.82, 2.24) is 14.9 Å². The average molecular weight is 257 g/mol. The predicted octanol–water partition coefficient (Wildman–Crippen LogP) is 3.33. The summed E-state index contributed by atoms with van der Waals surface area (Å²) in [5.74, 6) is 0.731. The molecule has 2 heterocycles. The van der Waals surface area contributed by atoms with Crippen molar-refractivity contribution in [2.45, 2.75) is 52.2 Å². The molecule has 0 aromatic carbocycles. The maximum Gasteiger partial charge on any atom is 0.140 e. The van der Waals surface area contributed by atoms with E-state index in [4.69, 9.17) is 0 Å². The molecule has 0 amide bonds. The summed E-state index contributed by atoms with van der Waals surface area (Å²) in [7, 11) is 0. The molecule has 0 saturated heterocycles. The molecular weight excluding hydrogens is 234 g/mol. The Hall–Kier alpha value is -1.35. The van der Waals surface area contributed by atoms with Gasteiger partial charge in [-0.3, -0.25) is 0 Å². The van der Waals surface area contributed by atoms with Crippen LogP contribution in [-0.4, -0.2) is 15.6 Å². The zero-order chi connectivity index (χ0) is 13.2. The van der Waals surface area contributed by atoms with E-state index >= 15 is 0 Å². The minimum atomic E-state index is 0.731. The quantitative estimate of drug-likeness (QED) is 0.860. The molecule has 0 bridgehead atoms. The van der Waals surface area contributed by atoms with E-state index in [0.717, 1.165) is 30.7 Å². The fourth-order valence-corrected chi connectivity index (χ4v) is 2.45. The second kappa shape index (κ2) is 5.33. The minimum Gasteiger partial charge on any atom is -0.332 e. The zero-order valence-electron chi connectivity index (χ0n) is 11.9. The van der Waals surface area contributed by atoms with Crippen molar-refractivity contribution < 1.29 is 0 Å². The van der Waals surface area contributed by atoms with Crippen molar-refractivity contribution >= 4 is 11.0 Å². The van der Waals surface area contributed by atoms with Gasteiger partial charge in [-0.1, -0.05) is 13.8 Å². The maximum atomic E-state index is 4.56. The largest absolute Gasteiger partial charge is 0.332 e. The summed E-state index contributed by atoms with van der Waals surface area (Å²) < 4.78 is 2.32. The number of aryl methyl sites for hydroxylation is 1. The molecule has 0 atom stereocenters. The highest BCUT2D eigenvalue weighted by Crippen LogP contribution is 2.23. The van der Waals surface area contributed by atoms with Gasteiger partial charge in [0.15, 0.2) is 0 Å². The number of nitrogens with zero attached hydrogens (tertiary/aromatic N) is 2. The number of hydrogen-bond acceptors (Lipinski definition) is 2. The van der Waals surface area contributed by atoms with Crippen LogP contribution in [0, 0.1) is 5.92 Å². The molecule has 0 radical (unpaired) electrons. The Kier molecular flexibility index (Phi) is 3.56. The molecule has 2 aromatic rings. The van der Waals surface area contributed by atoms with E-state index in [1.165, 1.54) is 30.2 Å². The summed E-state index contributed by atoms with van der Waals surface area (Å²) in [5, 5.41) is 4.91. The highest BCUT2D eigenvalue weighted by molar-refractivity contribution is 5.80. The molecule has 19 heavy (non-hydrogen) atoms. The summed E-state index contributed by atoms with van der Waals surface area (Å²) in [6, 6.07) is 4.99. The highest BCUT2D eigenvalue weighted by Gasteiger charge is 2.21. The smallest absolute Gasteiger partial charge is 0.140 e. The van der Waals surface area contributed by atoms with Gasteiger partial charge in [0.1, 0.15) is 5.65 Å². The van der Waals surface area contributed by atoms with Gasteiger partial charge in [0, 0.05) is 36.9 Å². The molecule has 1 saturated carbocycles. The molecule has 3 rings (SSSR count). The highest BCUT2D eigenvalue weighted by atomic mass is 15.0. The zero-order valence-corrected chi connectivity index (χ0v) is 11.9. The van der Waals surface area contributed by atoms with Crippen LogP contribution in [0.5, 0.6) is 0 Å². The molecule has 3 heteroatoms. The first-order valence-electron chi connectivity index (χ1n) is 7.40. The van der Waals surface area contributed by atoms with E-state index in [1.54, 1.807) is 0 Å². The fraction of sp³-hybridized carbons (Fsp3) is 0.562.